The van der Waals surface area contributed by atoms with E-state index in [0.717, 1.165) is 24.0 Å². The topological polar surface area (TPSA) is 75.3 Å². The molecule has 0 radical (unpaired) electrons. The number of hydrogen-bond donors (Lipinski definition) is 2. The minimum absolute atomic E-state index is 0.0733. The maximum atomic E-state index is 12.6. The van der Waals surface area contributed by atoms with E-state index < -0.39 is 15.4 Å². The molecule has 2 aromatic carbocycles. The van der Waals surface area contributed by atoms with Crippen LogP contribution in [0.4, 0.5) is 0 Å². The predicted molar refractivity (Wildman–Crippen MR) is 101 cm³/mol. The van der Waals surface area contributed by atoms with Crippen molar-refractivity contribution in [1.29, 1.82) is 0 Å². The minimum atomic E-state index is -3.44. The Morgan fingerprint density at radius 2 is 1.65 bits per heavy atom. The van der Waals surface area contributed by atoms with E-state index in [-0.39, 0.29) is 16.8 Å². The monoisotopic (exact) mass is 372 g/mol. The van der Waals surface area contributed by atoms with E-state index in [2.05, 4.69) is 10.0 Å². The molecule has 2 N–H and O–H groups in total. The smallest absolute Gasteiger partial charge is 0.240 e. The van der Waals surface area contributed by atoms with Gasteiger partial charge in [0.15, 0.2) is 0 Å². The van der Waals surface area contributed by atoms with Crippen molar-refractivity contribution in [3.05, 3.63) is 65.7 Å². The van der Waals surface area contributed by atoms with E-state index in [1.165, 1.54) is 0 Å². The SMILES string of the molecule is CC(C)(C(=O)NCc1ccc(S(=O)(=O)NC2CC2)cc1)c1ccccc1. The molecule has 5 nitrogen and oxygen atoms in total. The second kappa shape index (κ2) is 7.21. The van der Waals surface area contributed by atoms with Crippen LogP contribution >= 0.6 is 0 Å². The molecule has 1 fully saturated rings. The van der Waals surface area contributed by atoms with Gasteiger partial charge in [0.2, 0.25) is 15.9 Å². The quantitative estimate of drug-likeness (QED) is 0.785. The lowest BCUT2D eigenvalue weighted by Crippen LogP contribution is -2.39. The highest BCUT2D eigenvalue weighted by Gasteiger charge is 2.29. The fourth-order valence-electron chi connectivity index (χ4n) is 2.66. The first kappa shape index (κ1) is 18.6. The van der Waals surface area contributed by atoms with Crippen LogP contribution in [0.5, 0.6) is 0 Å². The molecule has 0 aliphatic heterocycles. The summed E-state index contributed by atoms with van der Waals surface area (Å²) in [6, 6.07) is 16.3. The summed E-state index contributed by atoms with van der Waals surface area (Å²) in [5.74, 6) is -0.0733. The second-order valence-electron chi connectivity index (χ2n) is 7.21. The van der Waals surface area contributed by atoms with Crippen molar-refractivity contribution < 1.29 is 13.2 Å². The van der Waals surface area contributed by atoms with Gasteiger partial charge in [0.25, 0.3) is 0 Å². The molecule has 0 heterocycles. The number of sulfonamides is 1. The van der Waals surface area contributed by atoms with Crippen molar-refractivity contribution in [1.82, 2.24) is 10.0 Å². The normalized spacial score (nSPS) is 14.8. The number of benzene rings is 2. The van der Waals surface area contributed by atoms with Crippen LogP contribution in [0.1, 0.15) is 37.8 Å². The number of carbonyl (C=O) groups excluding carboxylic acids is 1. The third-order valence-corrected chi connectivity index (χ3v) is 6.19. The summed E-state index contributed by atoms with van der Waals surface area (Å²) in [5.41, 5.74) is 1.16. The Morgan fingerprint density at radius 1 is 1.04 bits per heavy atom. The highest BCUT2D eigenvalue weighted by atomic mass is 32.2. The van der Waals surface area contributed by atoms with Crippen LogP contribution in [-0.2, 0) is 26.8 Å². The molecular formula is C20H24N2O3S. The van der Waals surface area contributed by atoms with Crippen molar-refractivity contribution in [2.24, 2.45) is 0 Å². The molecule has 0 bridgehead atoms. The molecule has 0 saturated heterocycles. The number of nitrogens with one attached hydrogen (secondary N) is 2. The fraction of sp³-hybridized carbons (Fsp3) is 0.350. The maximum Gasteiger partial charge on any atom is 0.240 e. The van der Waals surface area contributed by atoms with E-state index in [4.69, 9.17) is 0 Å². The van der Waals surface area contributed by atoms with Gasteiger partial charge in [0.05, 0.1) is 10.3 Å². The third-order valence-electron chi connectivity index (χ3n) is 4.65. The van der Waals surface area contributed by atoms with Gasteiger partial charge < -0.3 is 5.32 Å². The van der Waals surface area contributed by atoms with Gasteiger partial charge >= 0.3 is 0 Å². The average Bonchev–Trinajstić information content (AvgIpc) is 3.44. The Hall–Kier alpha value is -2.18. The van der Waals surface area contributed by atoms with Crippen LogP contribution in [0.2, 0.25) is 0 Å². The molecule has 0 unspecified atom stereocenters. The molecule has 0 aromatic heterocycles. The Kier molecular flexibility index (Phi) is 5.16. The van der Waals surface area contributed by atoms with Crippen molar-refractivity contribution in [2.75, 3.05) is 0 Å². The predicted octanol–water partition coefficient (Wildman–Crippen LogP) is 2.72. The number of hydrogen-bond acceptors (Lipinski definition) is 3. The molecule has 6 heteroatoms. The van der Waals surface area contributed by atoms with Crippen LogP contribution in [0, 0.1) is 0 Å². The van der Waals surface area contributed by atoms with Crippen molar-refractivity contribution in [2.45, 2.75) is 49.6 Å². The number of carbonyl (C=O) groups is 1. The zero-order valence-electron chi connectivity index (χ0n) is 15.0. The Bertz CT molecular complexity index is 871. The first-order valence-electron chi connectivity index (χ1n) is 8.74. The van der Waals surface area contributed by atoms with Gasteiger partial charge in [0, 0.05) is 12.6 Å². The van der Waals surface area contributed by atoms with E-state index in [0.29, 0.717) is 6.54 Å². The zero-order valence-corrected chi connectivity index (χ0v) is 15.8. The van der Waals surface area contributed by atoms with Crippen molar-refractivity contribution in [3.63, 3.8) is 0 Å². The van der Waals surface area contributed by atoms with Gasteiger partial charge in [-0.3, -0.25) is 4.79 Å². The Morgan fingerprint density at radius 3 is 2.23 bits per heavy atom. The van der Waals surface area contributed by atoms with Crippen LogP contribution in [0.3, 0.4) is 0 Å². The number of rotatable bonds is 7. The lowest BCUT2D eigenvalue weighted by atomic mass is 9.84. The molecule has 1 aliphatic rings. The zero-order chi connectivity index (χ0) is 18.8. The highest BCUT2D eigenvalue weighted by molar-refractivity contribution is 7.89. The summed E-state index contributed by atoms with van der Waals surface area (Å²) >= 11 is 0. The molecule has 1 aliphatic carbocycles. The maximum absolute atomic E-state index is 12.6. The molecule has 2 aromatic rings. The van der Waals surface area contributed by atoms with E-state index >= 15 is 0 Å². The highest BCUT2D eigenvalue weighted by Crippen LogP contribution is 2.24. The van der Waals surface area contributed by atoms with Gasteiger partial charge in [-0.05, 0) is 49.9 Å². The first-order valence-corrected chi connectivity index (χ1v) is 10.2. The standard InChI is InChI=1S/C20H24N2O3S/c1-20(2,16-6-4-3-5-7-16)19(23)21-14-15-8-12-18(13-9-15)26(24,25)22-17-10-11-17/h3-9,12-13,17,22H,10-11,14H2,1-2H3,(H,21,23). The number of amides is 1. The third kappa shape index (κ3) is 4.31. The molecule has 138 valence electrons. The van der Waals surface area contributed by atoms with Crippen LogP contribution < -0.4 is 10.0 Å². The fourth-order valence-corrected chi connectivity index (χ4v) is 3.97. The van der Waals surface area contributed by atoms with Gasteiger partial charge in [-0.2, -0.15) is 0 Å². The Balaban J connectivity index is 1.62. The van der Waals surface area contributed by atoms with Gasteiger partial charge in [-0.25, -0.2) is 13.1 Å². The molecular weight excluding hydrogens is 348 g/mol. The summed E-state index contributed by atoms with van der Waals surface area (Å²) in [5, 5.41) is 2.93. The minimum Gasteiger partial charge on any atom is -0.351 e. The summed E-state index contributed by atoms with van der Waals surface area (Å²) in [6.07, 6.45) is 1.81. The van der Waals surface area contributed by atoms with Crippen LogP contribution in [0.15, 0.2) is 59.5 Å². The summed E-state index contributed by atoms with van der Waals surface area (Å²) in [4.78, 5) is 12.8. The van der Waals surface area contributed by atoms with Crippen molar-refractivity contribution >= 4 is 15.9 Å². The molecule has 1 amide bonds. The van der Waals surface area contributed by atoms with Gasteiger partial charge in [-0.1, -0.05) is 42.5 Å². The molecule has 26 heavy (non-hydrogen) atoms. The molecule has 3 rings (SSSR count). The second-order valence-corrected chi connectivity index (χ2v) is 8.93. The average molecular weight is 372 g/mol. The van der Waals surface area contributed by atoms with E-state index in [1.54, 1.807) is 24.3 Å². The summed E-state index contributed by atoms with van der Waals surface area (Å²) < 4.78 is 27.0. The molecule has 0 atom stereocenters. The van der Waals surface area contributed by atoms with Gasteiger partial charge in [-0.15, -0.1) is 0 Å². The lowest BCUT2D eigenvalue weighted by molar-refractivity contribution is -0.125. The summed E-state index contributed by atoms with van der Waals surface area (Å²) in [6.45, 7) is 4.12. The largest absolute Gasteiger partial charge is 0.351 e. The van der Waals surface area contributed by atoms with Crippen LogP contribution in [0.25, 0.3) is 0 Å². The molecule has 0 spiro atoms. The Labute approximate surface area is 154 Å². The first-order chi connectivity index (χ1) is 12.3. The van der Waals surface area contributed by atoms with Crippen molar-refractivity contribution in [3.8, 4) is 0 Å². The van der Waals surface area contributed by atoms with Crippen LogP contribution in [-0.4, -0.2) is 20.4 Å². The molecule has 1 saturated carbocycles. The lowest BCUT2D eigenvalue weighted by Gasteiger charge is -2.24. The summed E-state index contributed by atoms with van der Waals surface area (Å²) in [7, 11) is -3.44. The van der Waals surface area contributed by atoms with E-state index in [9.17, 15) is 13.2 Å². The van der Waals surface area contributed by atoms with Gasteiger partial charge in [0.1, 0.15) is 0 Å². The van der Waals surface area contributed by atoms with E-state index in [1.807, 2.05) is 44.2 Å².